The lowest BCUT2D eigenvalue weighted by molar-refractivity contribution is 0.0118. The average molecular weight is 310 g/mol. The summed E-state index contributed by atoms with van der Waals surface area (Å²) in [6.45, 7) is 4.48. The van der Waals surface area contributed by atoms with Crippen LogP contribution in [0.5, 0.6) is 0 Å². The molecule has 0 aliphatic rings. The quantitative estimate of drug-likeness (QED) is 0.803. The number of hydrogen-bond acceptors (Lipinski definition) is 3. The zero-order chi connectivity index (χ0) is 12.3. The van der Waals surface area contributed by atoms with Crippen LogP contribution in [-0.2, 0) is 11.3 Å². The van der Waals surface area contributed by atoms with Crippen molar-refractivity contribution in [2.45, 2.75) is 32.4 Å². The molecule has 0 radical (unpaired) electrons. The predicted molar refractivity (Wildman–Crippen MR) is 66.9 cm³/mol. The van der Waals surface area contributed by atoms with Crippen molar-refractivity contribution in [3.63, 3.8) is 0 Å². The summed E-state index contributed by atoms with van der Waals surface area (Å²) in [5.41, 5.74) is -0.433. The van der Waals surface area contributed by atoms with Gasteiger partial charge in [0, 0.05) is 13.7 Å². The second-order valence-corrected chi connectivity index (χ2v) is 5.21. The van der Waals surface area contributed by atoms with E-state index in [0.29, 0.717) is 11.0 Å². The fourth-order valence-corrected chi connectivity index (χ4v) is 1.55. The van der Waals surface area contributed by atoms with Gasteiger partial charge in [-0.2, -0.15) is 0 Å². The Hall–Kier alpha value is -0.390. The highest BCUT2D eigenvalue weighted by molar-refractivity contribution is 9.10. The maximum atomic E-state index is 11.7. The molecule has 0 aliphatic heterocycles. The van der Waals surface area contributed by atoms with Crippen molar-refractivity contribution in [1.29, 1.82) is 0 Å². The molecule has 90 valence electrons. The molecule has 0 aliphatic carbocycles. The van der Waals surface area contributed by atoms with Gasteiger partial charge in [0.25, 0.3) is 5.56 Å². The van der Waals surface area contributed by atoms with Crippen LogP contribution in [0.2, 0.25) is 5.15 Å². The lowest BCUT2D eigenvalue weighted by Gasteiger charge is -2.22. The third-order valence-corrected chi connectivity index (χ3v) is 3.68. The minimum atomic E-state index is -0.258. The van der Waals surface area contributed by atoms with E-state index in [1.54, 1.807) is 7.11 Å². The zero-order valence-electron chi connectivity index (χ0n) is 9.46. The number of rotatable bonds is 4. The highest BCUT2D eigenvalue weighted by atomic mass is 79.9. The average Bonchev–Trinajstić information content (AvgIpc) is 2.25. The van der Waals surface area contributed by atoms with Crippen molar-refractivity contribution in [2.24, 2.45) is 0 Å². The van der Waals surface area contributed by atoms with Crippen LogP contribution in [0.15, 0.2) is 15.6 Å². The number of methoxy groups -OCH3 is 1. The third kappa shape index (κ3) is 3.30. The summed E-state index contributed by atoms with van der Waals surface area (Å²) < 4.78 is 7.09. The molecule has 1 rings (SSSR count). The highest BCUT2D eigenvalue weighted by Gasteiger charge is 2.17. The summed E-state index contributed by atoms with van der Waals surface area (Å²) in [6, 6.07) is 0. The number of ether oxygens (including phenoxy) is 1. The highest BCUT2D eigenvalue weighted by Crippen LogP contribution is 2.16. The van der Waals surface area contributed by atoms with E-state index in [4.69, 9.17) is 16.3 Å². The molecule has 0 unspecified atom stereocenters. The van der Waals surface area contributed by atoms with Gasteiger partial charge in [0.15, 0.2) is 5.15 Å². The van der Waals surface area contributed by atoms with E-state index in [1.165, 1.54) is 10.9 Å². The van der Waals surface area contributed by atoms with Crippen LogP contribution >= 0.6 is 27.5 Å². The molecule has 0 atom stereocenters. The Kier molecular flexibility index (Phi) is 4.52. The topological polar surface area (TPSA) is 44.1 Å². The Morgan fingerprint density at radius 2 is 2.25 bits per heavy atom. The summed E-state index contributed by atoms with van der Waals surface area (Å²) in [5, 5.41) is 0.187. The molecule has 0 fully saturated rings. The van der Waals surface area contributed by atoms with Gasteiger partial charge in [0.05, 0.1) is 11.9 Å². The lowest BCUT2D eigenvalue weighted by atomic mass is 10.1. The predicted octanol–water partition coefficient (Wildman–Crippen LogP) is 2.47. The van der Waals surface area contributed by atoms with E-state index in [2.05, 4.69) is 20.9 Å². The fraction of sp³-hybridized carbons (Fsp3) is 0.600. The summed E-state index contributed by atoms with van der Waals surface area (Å²) in [5.74, 6) is 0. The van der Waals surface area contributed by atoms with Crippen molar-refractivity contribution >= 4 is 27.5 Å². The van der Waals surface area contributed by atoms with Crippen LogP contribution in [0.3, 0.4) is 0 Å². The first-order valence-corrected chi connectivity index (χ1v) is 6.00. The number of halogens is 2. The van der Waals surface area contributed by atoms with Gasteiger partial charge in [-0.05, 0) is 36.2 Å². The summed E-state index contributed by atoms with van der Waals surface area (Å²) >= 11 is 8.82. The Labute approximate surface area is 108 Å². The summed E-state index contributed by atoms with van der Waals surface area (Å²) in [4.78, 5) is 15.7. The van der Waals surface area contributed by atoms with Gasteiger partial charge < -0.3 is 4.74 Å². The maximum Gasteiger partial charge on any atom is 0.269 e. The standard InChI is InChI=1S/C10H14BrClN2O2/c1-10(2,16-3)4-5-14-6-13-8(12)7(11)9(14)15/h6H,4-5H2,1-3H3. The second kappa shape index (κ2) is 5.29. The number of hydrogen-bond donors (Lipinski definition) is 0. The Bertz CT molecular complexity index is 431. The van der Waals surface area contributed by atoms with Crippen molar-refractivity contribution in [3.05, 3.63) is 26.3 Å². The molecule has 0 amide bonds. The molecule has 4 nitrogen and oxygen atoms in total. The van der Waals surface area contributed by atoms with Crippen molar-refractivity contribution in [1.82, 2.24) is 9.55 Å². The van der Waals surface area contributed by atoms with Crippen LogP contribution in [0.25, 0.3) is 0 Å². The van der Waals surface area contributed by atoms with Gasteiger partial charge in [-0.3, -0.25) is 9.36 Å². The van der Waals surface area contributed by atoms with Crippen LogP contribution in [-0.4, -0.2) is 22.3 Å². The number of aromatic nitrogens is 2. The van der Waals surface area contributed by atoms with E-state index in [0.717, 1.165) is 6.42 Å². The minimum absolute atomic E-state index is 0.174. The van der Waals surface area contributed by atoms with Gasteiger partial charge in [-0.15, -0.1) is 0 Å². The molecular formula is C10H14BrClN2O2. The maximum absolute atomic E-state index is 11.7. The Morgan fingerprint density at radius 1 is 1.62 bits per heavy atom. The minimum Gasteiger partial charge on any atom is -0.379 e. The van der Waals surface area contributed by atoms with Crippen molar-refractivity contribution < 1.29 is 4.74 Å². The molecule has 0 bridgehead atoms. The van der Waals surface area contributed by atoms with Gasteiger partial charge in [0.1, 0.15) is 4.47 Å². The van der Waals surface area contributed by atoms with Gasteiger partial charge in [-0.25, -0.2) is 4.98 Å². The molecule has 0 aromatic carbocycles. The molecular weight excluding hydrogens is 295 g/mol. The molecule has 16 heavy (non-hydrogen) atoms. The van der Waals surface area contributed by atoms with Gasteiger partial charge >= 0.3 is 0 Å². The molecule has 0 saturated heterocycles. The number of nitrogens with zero attached hydrogens (tertiary/aromatic N) is 2. The SMILES string of the molecule is COC(C)(C)CCn1cnc(Cl)c(Br)c1=O. The second-order valence-electron chi connectivity index (χ2n) is 4.06. The first-order chi connectivity index (χ1) is 7.37. The molecule has 0 N–H and O–H groups in total. The first-order valence-electron chi connectivity index (χ1n) is 4.83. The zero-order valence-corrected chi connectivity index (χ0v) is 11.8. The van der Waals surface area contributed by atoms with E-state index in [1.807, 2.05) is 13.8 Å². The molecule has 1 aromatic heterocycles. The van der Waals surface area contributed by atoms with Crippen molar-refractivity contribution in [3.8, 4) is 0 Å². The van der Waals surface area contributed by atoms with Gasteiger partial charge in [-0.1, -0.05) is 11.6 Å². The van der Waals surface area contributed by atoms with Crippen LogP contribution in [0.1, 0.15) is 20.3 Å². The van der Waals surface area contributed by atoms with Crippen LogP contribution in [0, 0.1) is 0 Å². The molecule has 6 heteroatoms. The van der Waals surface area contributed by atoms with E-state index in [9.17, 15) is 4.79 Å². The van der Waals surface area contributed by atoms with E-state index in [-0.39, 0.29) is 16.3 Å². The lowest BCUT2D eigenvalue weighted by Crippen LogP contribution is -2.28. The van der Waals surface area contributed by atoms with Gasteiger partial charge in [0.2, 0.25) is 0 Å². The first kappa shape index (κ1) is 13.7. The van der Waals surface area contributed by atoms with Crippen molar-refractivity contribution in [2.75, 3.05) is 7.11 Å². The smallest absolute Gasteiger partial charge is 0.269 e. The summed E-state index contributed by atoms with van der Waals surface area (Å²) in [6.07, 6.45) is 2.17. The molecule has 0 spiro atoms. The molecule has 1 aromatic rings. The normalized spacial score (nSPS) is 11.8. The Balaban J connectivity index is 2.84. The summed E-state index contributed by atoms with van der Waals surface area (Å²) in [7, 11) is 1.65. The molecule has 0 saturated carbocycles. The molecule has 1 heterocycles. The van der Waals surface area contributed by atoms with Crippen LogP contribution in [0.4, 0.5) is 0 Å². The monoisotopic (exact) mass is 308 g/mol. The third-order valence-electron chi connectivity index (χ3n) is 2.45. The van der Waals surface area contributed by atoms with E-state index >= 15 is 0 Å². The largest absolute Gasteiger partial charge is 0.379 e. The fourth-order valence-electron chi connectivity index (χ4n) is 1.09. The van der Waals surface area contributed by atoms with Crippen LogP contribution < -0.4 is 5.56 Å². The Morgan fingerprint density at radius 3 is 2.81 bits per heavy atom. The number of aryl methyl sites for hydroxylation is 1. The van der Waals surface area contributed by atoms with E-state index < -0.39 is 0 Å².